The van der Waals surface area contributed by atoms with Crippen LogP contribution in [0.15, 0.2) is 18.3 Å². The van der Waals surface area contributed by atoms with Gasteiger partial charge in [-0.25, -0.2) is 9.50 Å². The molecule has 0 aromatic carbocycles. The van der Waals surface area contributed by atoms with Gasteiger partial charge in [-0.15, -0.1) is 0 Å². The van der Waals surface area contributed by atoms with Crippen LogP contribution in [-0.2, 0) is 4.79 Å². The fourth-order valence-electron chi connectivity index (χ4n) is 3.69. The maximum atomic E-state index is 12.9. The third kappa shape index (κ3) is 2.85. The summed E-state index contributed by atoms with van der Waals surface area (Å²) in [4.78, 5) is 17.2. The largest absolute Gasteiger partial charge is 0.324 e. The lowest BCUT2D eigenvalue weighted by molar-refractivity contribution is -0.126. The topological polar surface area (TPSA) is 59.3 Å². The predicted molar refractivity (Wildman–Crippen MR) is 86.7 cm³/mol. The van der Waals surface area contributed by atoms with E-state index in [1.165, 1.54) is 0 Å². The molecule has 2 aromatic heterocycles. The smallest absolute Gasteiger partial charge is 0.230 e. The third-order valence-corrected chi connectivity index (χ3v) is 4.54. The first-order valence-electron chi connectivity index (χ1n) is 8.13. The van der Waals surface area contributed by atoms with Crippen molar-refractivity contribution in [1.82, 2.24) is 14.6 Å². The van der Waals surface area contributed by atoms with Crippen LogP contribution in [0.4, 0.5) is 5.69 Å². The number of aromatic nitrogens is 3. The molecule has 0 spiro atoms. The van der Waals surface area contributed by atoms with Gasteiger partial charge in [0.15, 0.2) is 5.65 Å². The maximum Gasteiger partial charge on any atom is 0.230 e. The van der Waals surface area contributed by atoms with Gasteiger partial charge in [0.2, 0.25) is 5.91 Å². The van der Waals surface area contributed by atoms with Gasteiger partial charge in [-0.3, -0.25) is 4.79 Å². The monoisotopic (exact) mass is 300 g/mol. The number of hydrogen-bond acceptors (Lipinski definition) is 3. The maximum absolute atomic E-state index is 12.9. The molecule has 0 atom stereocenters. The molecule has 0 radical (unpaired) electrons. The summed E-state index contributed by atoms with van der Waals surface area (Å²) in [6, 6.07) is 3.79. The van der Waals surface area contributed by atoms with Gasteiger partial charge in [0.1, 0.15) is 5.82 Å². The zero-order chi connectivity index (χ0) is 15.7. The van der Waals surface area contributed by atoms with E-state index in [1.54, 1.807) is 4.52 Å². The van der Waals surface area contributed by atoms with Crippen molar-refractivity contribution in [3.8, 4) is 0 Å². The molecule has 1 fully saturated rings. The molecule has 118 valence electrons. The van der Waals surface area contributed by atoms with Gasteiger partial charge in [-0.1, -0.05) is 26.7 Å². The van der Waals surface area contributed by atoms with Gasteiger partial charge in [0.25, 0.3) is 0 Å². The average Bonchev–Trinajstić information content (AvgIpc) is 3.04. The van der Waals surface area contributed by atoms with Crippen LogP contribution in [-0.4, -0.2) is 20.5 Å². The molecular weight excluding hydrogens is 276 g/mol. The van der Waals surface area contributed by atoms with Gasteiger partial charge in [-0.2, -0.15) is 5.10 Å². The Bertz CT molecular complexity index is 683. The normalized spacial score (nSPS) is 17.3. The third-order valence-electron chi connectivity index (χ3n) is 4.54. The van der Waals surface area contributed by atoms with Crippen LogP contribution in [0, 0.1) is 18.3 Å². The van der Waals surface area contributed by atoms with Gasteiger partial charge in [-0.05, 0) is 44.2 Å². The highest BCUT2D eigenvalue weighted by molar-refractivity contribution is 5.95. The molecule has 0 unspecified atom stereocenters. The van der Waals surface area contributed by atoms with E-state index in [0.717, 1.165) is 49.3 Å². The Kier molecular flexibility index (Phi) is 3.89. The van der Waals surface area contributed by atoms with Crippen molar-refractivity contribution in [3.05, 3.63) is 24.2 Å². The molecule has 1 N–H and O–H groups in total. The molecule has 1 saturated carbocycles. The van der Waals surface area contributed by atoms with Gasteiger partial charge >= 0.3 is 0 Å². The lowest BCUT2D eigenvalue weighted by Gasteiger charge is -2.29. The molecule has 1 aliphatic rings. The van der Waals surface area contributed by atoms with E-state index < -0.39 is 0 Å². The number of nitrogens with zero attached hydrogens (tertiary/aromatic N) is 3. The Balaban J connectivity index is 1.81. The van der Waals surface area contributed by atoms with Crippen molar-refractivity contribution in [1.29, 1.82) is 0 Å². The predicted octanol–water partition coefficient (Wildman–Crippen LogP) is 3.58. The average molecular weight is 300 g/mol. The lowest BCUT2D eigenvalue weighted by atomic mass is 9.77. The van der Waals surface area contributed by atoms with Crippen LogP contribution >= 0.6 is 0 Å². The number of pyridine rings is 1. The van der Waals surface area contributed by atoms with Crippen molar-refractivity contribution in [2.24, 2.45) is 11.3 Å². The molecule has 3 rings (SSSR count). The Hall–Kier alpha value is -1.91. The van der Waals surface area contributed by atoms with Gasteiger partial charge < -0.3 is 5.32 Å². The minimum atomic E-state index is -0.193. The molecule has 22 heavy (non-hydrogen) atoms. The Morgan fingerprint density at radius 3 is 2.77 bits per heavy atom. The fourth-order valence-corrected chi connectivity index (χ4v) is 3.69. The van der Waals surface area contributed by atoms with Crippen molar-refractivity contribution in [2.75, 3.05) is 5.32 Å². The summed E-state index contributed by atoms with van der Waals surface area (Å²) in [5.74, 6) is 1.43. The number of amides is 1. The van der Waals surface area contributed by atoms with E-state index in [9.17, 15) is 4.79 Å². The van der Waals surface area contributed by atoms with Crippen molar-refractivity contribution < 1.29 is 4.79 Å². The summed E-state index contributed by atoms with van der Waals surface area (Å²) in [5.41, 5.74) is 1.40. The van der Waals surface area contributed by atoms with Crippen LogP contribution in [0.3, 0.4) is 0 Å². The summed E-state index contributed by atoms with van der Waals surface area (Å²) < 4.78 is 1.72. The zero-order valence-corrected chi connectivity index (χ0v) is 13.6. The van der Waals surface area contributed by atoms with Crippen molar-refractivity contribution in [3.63, 3.8) is 0 Å². The van der Waals surface area contributed by atoms with E-state index >= 15 is 0 Å². The molecule has 0 saturated heterocycles. The van der Waals surface area contributed by atoms with Crippen LogP contribution in [0.5, 0.6) is 0 Å². The Labute approximate surface area is 131 Å². The molecule has 1 amide bonds. The second kappa shape index (κ2) is 5.71. The van der Waals surface area contributed by atoms with Crippen molar-refractivity contribution >= 4 is 17.2 Å². The Morgan fingerprint density at radius 2 is 2.09 bits per heavy atom. The number of hydrogen-bond donors (Lipinski definition) is 1. The summed E-state index contributed by atoms with van der Waals surface area (Å²) in [7, 11) is 0. The van der Waals surface area contributed by atoms with E-state index in [4.69, 9.17) is 0 Å². The van der Waals surface area contributed by atoms with Gasteiger partial charge in [0.05, 0.1) is 11.9 Å². The van der Waals surface area contributed by atoms with E-state index in [0.29, 0.717) is 5.92 Å². The molecular formula is C17H24N4O. The number of nitrogens with one attached hydrogen (secondary N) is 1. The summed E-state index contributed by atoms with van der Waals surface area (Å²) in [5, 5.41) is 7.40. The lowest BCUT2D eigenvalue weighted by Crippen LogP contribution is -2.35. The number of carbonyl (C=O) groups is 1. The second-order valence-corrected chi connectivity index (χ2v) is 6.92. The van der Waals surface area contributed by atoms with E-state index in [2.05, 4.69) is 29.2 Å². The zero-order valence-electron chi connectivity index (χ0n) is 13.6. The number of rotatable bonds is 4. The standard InChI is InChI=1S/C17H24N4O/c1-12(2)10-17(8-4-5-9-17)16(22)19-14-6-7-15-18-13(3)20-21(15)11-14/h6-7,11-12H,4-5,8-10H2,1-3H3,(H,19,22). The first kappa shape index (κ1) is 15.0. The first-order chi connectivity index (χ1) is 10.5. The van der Waals surface area contributed by atoms with Gasteiger partial charge in [0, 0.05) is 5.41 Å². The highest BCUT2D eigenvalue weighted by atomic mass is 16.2. The summed E-state index contributed by atoms with van der Waals surface area (Å²) >= 11 is 0. The highest BCUT2D eigenvalue weighted by Crippen LogP contribution is 2.44. The minimum absolute atomic E-state index is 0.162. The summed E-state index contributed by atoms with van der Waals surface area (Å²) in [6.45, 7) is 6.25. The fraction of sp³-hybridized carbons (Fsp3) is 0.588. The van der Waals surface area contributed by atoms with Crippen LogP contribution in [0.2, 0.25) is 0 Å². The highest BCUT2D eigenvalue weighted by Gasteiger charge is 2.41. The van der Waals surface area contributed by atoms with E-state index in [-0.39, 0.29) is 11.3 Å². The van der Waals surface area contributed by atoms with Crippen molar-refractivity contribution in [2.45, 2.75) is 52.9 Å². The SMILES string of the molecule is Cc1nc2ccc(NC(=O)C3(CC(C)C)CCCC3)cn2n1. The molecule has 5 heteroatoms. The molecule has 2 heterocycles. The van der Waals surface area contributed by atoms with Crippen LogP contribution in [0.1, 0.15) is 51.8 Å². The first-order valence-corrected chi connectivity index (χ1v) is 8.13. The van der Waals surface area contributed by atoms with Crippen LogP contribution < -0.4 is 5.32 Å². The number of anilines is 1. The number of aryl methyl sites for hydroxylation is 1. The minimum Gasteiger partial charge on any atom is -0.324 e. The summed E-state index contributed by atoms with van der Waals surface area (Å²) in [6.07, 6.45) is 7.11. The molecule has 0 bridgehead atoms. The van der Waals surface area contributed by atoms with Crippen LogP contribution in [0.25, 0.3) is 5.65 Å². The second-order valence-electron chi connectivity index (χ2n) is 6.92. The number of carbonyl (C=O) groups excluding carboxylic acids is 1. The number of fused-ring (bicyclic) bond motifs is 1. The Morgan fingerprint density at radius 1 is 1.36 bits per heavy atom. The quantitative estimate of drug-likeness (QED) is 0.938. The molecule has 0 aliphatic heterocycles. The molecule has 2 aromatic rings. The molecule has 1 aliphatic carbocycles. The van der Waals surface area contributed by atoms with E-state index in [1.807, 2.05) is 25.3 Å². The molecule has 5 nitrogen and oxygen atoms in total.